The molecule has 0 unspecified atom stereocenters. The maximum absolute atomic E-state index is 5.69. The number of para-hydroxylation sites is 2. The number of fused-ring (bicyclic) bond motifs is 1. The first-order chi connectivity index (χ1) is 10.3. The molecule has 0 aliphatic heterocycles. The molecule has 2 aromatic carbocycles. The lowest BCUT2D eigenvalue weighted by Crippen LogP contribution is -2.04. The standard InChI is InChI=1S/C17H19N3O/c1-3-21-16-10-12(2)8-9-13(16)11-18-17-19-14-6-4-5-7-15(14)20-17/h4-10H,3,11H2,1-2H3,(H2,18,19,20). The number of aromatic amines is 1. The van der Waals surface area contributed by atoms with Crippen molar-refractivity contribution in [3.63, 3.8) is 0 Å². The summed E-state index contributed by atoms with van der Waals surface area (Å²) in [6.07, 6.45) is 0. The van der Waals surface area contributed by atoms with Crippen LogP contribution in [0.3, 0.4) is 0 Å². The van der Waals surface area contributed by atoms with Gasteiger partial charge in [0.2, 0.25) is 5.95 Å². The van der Waals surface area contributed by atoms with Crippen LogP contribution in [0.5, 0.6) is 5.75 Å². The third-order valence-corrected chi connectivity index (χ3v) is 3.36. The van der Waals surface area contributed by atoms with Gasteiger partial charge in [-0.05, 0) is 37.6 Å². The van der Waals surface area contributed by atoms with E-state index in [0.29, 0.717) is 13.2 Å². The van der Waals surface area contributed by atoms with Crippen LogP contribution in [0.15, 0.2) is 42.5 Å². The Hall–Kier alpha value is -2.49. The SMILES string of the molecule is CCOc1cc(C)ccc1CNc1nc2ccccc2[nH]1. The second kappa shape index (κ2) is 5.87. The predicted molar refractivity (Wildman–Crippen MR) is 85.8 cm³/mol. The molecule has 21 heavy (non-hydrogen) atoms. The molecule has 0 bridgehead atoms. The number of aryl methyl sites for hydroxylation is 1. The van der Waals surface area contributed by atoms with Gasteiger partial charge in [-0.15, -0.1) is 0 Å². The fourth-order valence-electron chi connectivity index (χ4n) is 2.31. The van der Waals surface area contributed by atoms with Crippen molar-refractivity contribution in [3.8, 4) is 5.75 Å². The molecule has 0 spiro atoms. The molecule has 4 nitrogen and oxygen atoms in total. The van der Waals surface area contributed by atoms with Gasteiger partial charge in [0.05, 0.1) is 17.6 Å². The summed E-state index contributed by atoms with van der Waals surface area (Å²) in [6, 6.07) is 14.3. The van der Waals surface area contributed by atoms with Crippen LogP contribution in [0, 0.1) is 6.92 Å². The van der Waals surface area contributed by atoms with Gasteiger partial charge in [-0.25, -0.2) is 4.98 Å². The third-order valence-electron chi connectivity index (χ3n) is 3.36. The second-order valence-electron chi connectivity index (χ2n) is 5.00. The maximum atomic E-state index is 5.69. The predicted octanol–water partition coefficient (Wildman–Crippen LogP) is 3.88. The number of rotatable bonds is 5. The molecule has 3 aromatic rings. The smallest absolute Gasteiger partial charge is 0.201 e. The van der Waals surface area contributed by atoms with Crippen LogP contribution in [0.1, 0.15) is 18.1 Å². The molecule has 0 radical (unpaired) electrons. The molecule has 0 aliphatic carbocycles. The molecular weight excluding hydrogens is 262 g/mol. The van der Waals surface area contributed by atoms with Crippen molar-refractivity contribution in [2.45, 2.75) is 20.4 Å². The van der Waals surface area contributed by atoms with E-state index < -0.39 is 0 Å². The molecule has 108 valence electrons. The first kappa shape index (κ1) is 13.5. The van der Waals surface area contributed by atoms with E-state index in [1.807, 2.05) is 31.2 Å². The van der Waals surface area contributed by atoms with Crippen LogP contribution in [0.4, 0.5) is 5.95 Å². The van der Waals surface area contributed by atoms with Crippen molar-refractivity contribution < 1.29 is 4.74 Å². The Labute approximate surface area is 124 Å². The van der Waals surface area contributed by atoms with E-state index in [9.17, 15) is 0 Å². The molecule has 3 rings (SSSR count). The van der Waals surface area contributed by atoms with E-state index in [2.05, 4.69) is 40.4 Å². The van der Waals surface area contributed by atoms with Crippen molar-refractivity contribution in [1.82, 2.24) is 9.97 Å². The molecule has 2 N–H and O–H groups in total. The maximum Gasteiger partial charge on any atom is 0.201 e. The summed E-state index contributed by atoms with van der Waals surface area (Å²) >= 11 is 0. The number of ether oxygens (including phenoxy) is 1. The summed E-state index contributed by atoms with van der Waals surface area (Å²) < 4.78 is 5.69. The molecule has 0 saturated carbocycles. The van der Waals surface area contributed by atoms with Gasteiger partial charge in [0.25, 0.3) is 0 Å². The van der Waals surface area contributed by atoms with Crippen LogP contribution in [-0.4, -0.2) is 16.6 Å². The molecule has 0 amide bonds. The van der Waals surface area contributed by atoms with E-state index in [-0.39, 0.29) is 0 Å². The van der Waals surface area contributed by atoms with Gasteiger partial charge in [0, 0.05) is 12.1 Å². The van der Waals surface area contributed by atoms with Crippen molar-refractivity contribution in [2.24, 2.45) is 0 Å². The molecule has 4 heteroatoms. The van der Waals surface area contributed by atoms with E-state index in [0.717, 1.165) is 28.3 Å². The van der Waals surface area contributed by atoms with Crippen LogP contribution < -0.4 is 10.1 Å². The van der Waals surface area contributed by atoms with Gasteiger partial charge < -0.3 is 15.0 Å². The number of hydrogen-bond donors (Lipinski definition) is 2. The number of aromatic nitrogens is 2. The fourth-order valence-corrected chi connectivity index (χ4v) is 2.31. The molecule has 0 saturated heterocycles. The summed E-state index contributed by atoms with van der Waals surface area (Å²) in [7, 11) is 0. The highest BCUT2D eigenvalue weighted by Gasteiger charge is 2.06. The monoisotopic (exact) mass is 281 g/mol. The van der Waals surface area contributed by atoms with Gasteiger partial charge >= 0.3 is 0 Å². The van der Waals surface area contributed by atoms with Gasteiger partial charge in [-0.2, -0.15) is 0 Å². The zero-order valence-corrected chi connectivity index (χ0v) is 12.3. The zero-order valence-electron chi connectivity index (χ0n) is 12.3. The van der Waals surface area contributed by atoms with Gasteiger partial charge in [-0.1, -0.05) is 24.3 Å². The molecule has 0 fully saturated rings. The molecule has 0 atom stereocenters. The van der Waals surface area contributed by atoms with Crippen molar-refractivity contribution in [1.29, 1.82) is 0 Å². The Morgan fingerprint density at radius 1 is 1.19 bits per heavy atom. The first-order valence-electron chi connectivity index (χ1n) is 7.17. The average Bonchev–Trinajstić information content (AvgIpc) is 2.89. The lowest BCUT2D eigenvalue weighted by molar-refractivity contribution is 0.336. The molecule has 0 aliphatic rings. The third kappa shape index (κ3) is 2.99. The van der Waals surface area contributed by atoms with Crippen molar-refractivity contribution >= 4 is 17.0 Å². The van der Waals surface area contributed by atoms with E-state index in [1.165, 1.54) is 5.56 Å². The summed E-state index contributed by atoms with van der Waals surface area (Å²) in [6.45, 7) is 5.41. The first-order valence-corrected chi connectivity index (χ1v) is 7.17. The Kier molecular flexibility index (Phi) is 3.77. The highest BCUT2D eigenvalue weighted by molar-refractivity contribution is 5.77. The summed E-state index contributed by atoms with van der Waals surface area (Å²) in [5, 5.41) is 3.32. The van der Waals surface area contributed by atoms with Gasteiger partial charge in [0.1, 0.15) is 5.75 Å². The number of nitrogens with one attached hydrogen (secondary N) is 2. The summed E-state index contributed by atoms with van der Waals surface area (Å²) in [5.41, 5.74) is 4.33. The molecule has 1 heterocycles. The minimum Gasteiger partial charge on any atom is -0.494 e. The summed E-state index contributed by atoms with van der Waals surface area (Å²) in [4.78, 5) is 7.78. The van der Waals surface area contributed by atoms with Crippen LogP contribution >= 0.6 is 0 Å². The fraction of sp³-hybridized carbons (Fsp3) is 0.235. The Bertz CT molecular complexity index is 716. The van der Waals surface area contributed by atoms with Crippen molar-refractivity contribution in [2.75, 3.05) is 11.9 Å². The van der Waals surface area contributed by atoms with Crippen LogP contribution in [0.2, 0.25) is 0 Å². The number of anilines is 1. The second-order valence-corrected chi connectivity index (χ2v) is 5.00. The van der Waals surface area contributed by atoms with E-state index in [4.69, 9.17) is 4.74 Å². The van der Waals surface area contributed by atoms with Crippen molar-refractivity contribution in [3.05, 3.63) is 53.6 Å². The highest BCUT2D eigenvalue weighted by atomic mass is 16.5. The van der Waals surface area contributed by atoms with Gasteiger partial charge in [0.15, 0.2) is 0 Å². The van der Waals surface area contributed by atoms with Crippen LogP contribution in [-0.2, 0) is 6.54 Å². The Morgan fingerprint density at radius 2 is 2.05 bits per heavy atom. The quantitative estimate of drug-likeness (QED) is 0.746. The minimum absolute atomic E-state index is 0.668. The topological polar surface area (TPSA) is 49.9 Å². The minimum atomic E-state index is 0.668. The summed E-state index contributed by atoms with van der Waals surface area (Å²) in [5.74, 6) is 1.71. The van der Waals surface area contributed by atoms with Crippen LogP contribution in [0.25, 0.3) is 11.0 Å². The molecule has 1 aromatic heterocycles. The average molecular weight is 281 g/mol. The lowest BCUT2D eigenvalue weighted by Gasteiger charge is -2.11. The number of H-pyrrole nitrogens is 1. The number of nitrogens with zero attached hydrogens (tertiary/aromatic N) is 1. The van der Waals surface area contributed by atoms with Gasteiger partial charge in [-0.3, -0.25) is 0 Å². The van der Waals surface area contributed by atoms with E-state index in [1.54, 1.807) is 0 Å². The Balaban J connectivity index is 1.77. The zero-order chi connectivity index (χ0) is 14.7. The number of benzene rings is 2. The van der Waals surface area contributed by atoms with E-state index >= 15 is 0 Å². The highest BCUT2D eigenvalue weighted by Crippen LogP contribution is 2.22. The largest absolute Gasteiger partial charge is 0.494 e. The normalized spacial score (nSPS) is 10.8. The number of hydrogen-bond acceptors (Lipinski definition) is 3. The Morgan fingerprint density at radius 3 is 2.86 bits per heavy atom. The number of imidazole rings is 1. The molecular formula is C17H19N3O. The lowest BCUT2D eigenvalue weighted by atomic mass is 10.1.